The number of aliphatic hydroxyl groups is 1. The summed E-state index contributed by atoms with van der Waals surface area (Å²) in [5, 5.41) is 9.17. The van der Waals surface area contributed by atoms with Gasteiger partial charge in [-0.3, -0.25) is 0 Å². The highest BCUT2D eigenvalue weighted by atomic mass is 19.1. The van der Waals surface area contributed by atoms with Crippen LogP contribution in [0, 0.1) is 11.6 Å². The molecule has 5 heteroatoms. The van der Waals surface area contributed by atoms with Gasteiger partial charge >= 0.3 is 0 Å². The number of aromatic amines is 1. The smallest absolute Gasteiger partial charge is 0.153 e. The van der Waals surface area contributed by atoms with Crippen molar-refractivity contribution < 1.29 is 13.9 Å². The van der Waals surface area contributed by atoms with Crippen LogP contribution in [0.25, 0.3) is 11.0 Å². The summed E-state index contributed by atoms with van der Waals surface area (Å²) in [5.74, 6) is -1.18. The fraction of sp³-hybridized carbons (Fsp3) is 0.222. The van der Waals surface area contributed by atoms with E-state index in [1.807, 2.05) is 0 Å². The third kappa shape index (κ3) is 1.35. The number of fused-ring (bicyclic) bond motifs is 1. The molecule has 1 heterocycles. The lowest BCUT2D eigenvalue weighted by atomic mass is 10.3. The molecule has 1 aromatic carbocycles. The third-order valence-corrected chi connectivity index (χ3v) is 1.92. The topological polar surface area (TPSA) is 48.9 Å². The minimum absolute atomic E-state index is 0.0438. The van der Waals surface area contributed by atoms with Crippen LogP contribution >= 0.6 is 0 Å². The van der Waals surface area contributed by atoms with E-state index in [1.165, 1.54) is 6.92 Å². The maximum absolute atomic E-state index is 13.1. The van der Waals surface area contributed by atoms with Crippen molar-refractivity contribution in [3.63, 3.8) is 0 Å². The van der Waals surface area contributed by atoms with Gasteiger partial charge < -0.3 is 10.1 Å². The Morgan fingerprint density at radius 2 is 2.14 bits per heavy atom. The predicted molar refractivity (Wildman–Crippen MR) is 46.6 cm³/mol. The number of nitrogens with zero attached hydrogens (tertiary/aromatic N) is 1. The van der Waals surface area contributed by atoms with E-state index in [0.29, 0.717) is 0 Å². The van der Waals surface area contributed by atoms with Crippen molar-refractivity contribution in [2.45, 2.75) is 13.0 Å². The van der Waals surface area contributed by atoms with E-state index >= 15 is 0 Å². The van der Waals surface area contributed by atoms with E-state index < -0.39 is 17.7 Å². The van der Waals surface area contributed by atoms with Gasteiger partial charge in [-0.05, 0) is 13.0 Å². The molecule has 2 rings (SSSR count). The van der Waals surface area contributed by atoms with Gasteiger partial charge in [0.1, 0.15) is 23.3 Å². The summed E-state index contributed by atoms with van der Waals surface area (Å²) in [6.07, 6.45) is -0.829. The van der Waals surface area contributed by atoms with Gasteiger partial charge in [0, 0.05) is 6.07 Å². The Labute approximate surface area is 78.4 Å². The molecule has 0 saturated heterocycles. The SMILES string of the molecule is C[C@H](O)c1nc2c(F)cc(F)cc2[nH]1. The number of halogens is 2. The lowest BCUT2D eigenvalue weighted by Gasteiger charge is -1.95. The number of hydrogen-bond donors (Lipinski definition) is 2. The zero-order valence-electron chi connectivity index (χ0n) is 7.38. The van der Waals surface area contributed by atoms with Gasteiger partial charge in [0.25, 0.3) is 0 Å². The number of H-pyrrole nitrogens is 1. The van der Waals surface area contributed by atoms with Gasteiger partial charge in [-0.25, -0.2) is 13.8 Å². The number of benzene rings is 1. The molecule has 0 bridgehead atoms. The molecule has 0 unspecified atom stereocenters. The maximum atomic E-state index is 13.1. The highest BCUT2D eigenvalue weighted by Crippen LogP contribution is 2.19. The normalized spacial score (nSPS) is 13.4. The van der Waals surface area contributed by atoms with E-state index in [4.69, 9.17) is 0 Å². The van der Waals surface area contributed by atoms with E-state index in [1.54, 1.807) is 0 Å². The first-order chi connectivity index (χ1) is 6.58. The Morgan fingerprint density at radius 3 is 2.79 bits per heavy atom. The Kier molecular flexibility index (Phi) is 1.96. The van der Waals surface area contributed by atoms with Gasteiger partial charge in [-0.15, -0.1) is 0 Å². The van der Waals surface area contributed by atoms with E-state index in [0.717, 1.165) is 12.1 Å². The van der Waals surface area contributed by atoms with Crippen LogP contribution in [0.1, 0.15) is 18.9 Å². The first-order valence-corrected chi connectivity index (χ1v) is 4.10. The maximum Gasteiger partial charge on any atom is 0.153 e. The lowest BCUT2D eigenvalue weighted by Crippen LogP contribution is -1.92. The number of nitrogens with one attached hydrogen (secondary N) is 1. The standard InChI is InChI=1S/C9H8F2N2O/c1-4(14)9-12-7-3-5(10)2-6(11)8(7)13-9/h2-4,14H,1H3,(H,12,13)/t4-/m0/s1. The predicted octanol–water partition coefficient (Wildman–Crippen LogP) is 1.89. The third-order valence-electron chi connectivity index (χ3n) is 1.92. The summed E-state index contributed by atoms with van der Waals surface area (Å²) in [5.41, 5.74) is 0.292. The van der Waals surface area contributed by atoms with Crippen molar-refractivity contribution in [1.29, 1.82) is 0 Å². The first-order valence-electron chi connectivity index (χ1n) is 4.10. The Hall–Kier alpha value is -1.49. The number of imidazole rings is 1. The summed E-state index contributed by atoms with van der Waals surface area (Å²) in [4.78, 5) is 6.44. The summed E-state index contributed by atoms with van der Waals surface area (Å²) in [6, 6.07) is 1.90. The molecule has 2 N–H and O–H groups in total. The van der Waals surface area contributed by atoms with E-state index in [-0.39, 0.29) is 16.9 Å². The van der Waals surface area contributed by atoms with Crippen molar-refractivity contribution in [3.8, 4) is 0 Å². The van der Waals surface area contributed by atoms with Gasteiger partial charge in [0.05, 0.1) is 5.52 Å². The van der Waals surface area contributed by atoms with Crippen LogP contribution in [0.15, 0.2) is 12.1 Å². The lowest BCUT2D eigenvalue weighted by molar-refractivity contribution is 0.190. The Bertz CT molecular complexity index is 479. The minimum atomic E-state index is -0.829. The molecule has 14 heavy (non-hydrogen) atoms. The van der Waals surface area contributed by atoms with Crippen LogP contribution in [0.4, 0.5) is 8.78 Å². The molecule has 0 fully saturated rings. The van der Waals surface area contributed by atoms with Crippen molar-refractivity contribution in [1.82, 2.24) is 9.97 Å². The van der Waals surface area contributed by atoms with Gasteiger partial charge in [0.2, 0.25) is 0 Å². The molecule has 0 radical (unpaired) electrons. The van der Waals surface area contributed by atoms with Gasteiger partial charge in [0.15, 0.2) is 5.82 Å². The molecule has 0 aliphatic carbocycles. The summed E-state index contributed by atoms with van der Waals surface area (Å²) in [6.45, 7) is 1.49. The summed E-state index contributed by atoms with van der Waals surface area (Å²) >= 11 is 0. The second kappa shape index (κ2) is 3.02. The summed E-state index contributed by atoms with van der Waals surface area (Å²) < 4.78 is 25.9. The van der Waals surface area contributed by atoms with Crippen LogP contribution in [-0.2, 0) is 0 Å². The fourth-order valence-corrected chi connectivity index (χ4v) is 1.26. The second-order valence-electron chi connectivity index (χ2n) is 3.08. The van der Waals surface area contributed by atoms with Crippen LogP contribution in [-0.4, -0.2) is 15.1 Å². The Balaban J connectivity index is 2.70. The van der Waals surface area contributed by atoms with Crippen LogP contribution < -0.4 is 0 Å². The highest BCUT2D eigenvalue weighted by molar-refractivity contribution is 5.75. The molecule has 0 saturated carbocycles. The molecule has 1 aromatic heterocycles. The minimum Gasteiger partial charge on any atom is -0.385 e. The highest BCUT2D eigenvalue weighted by Gasteiger charge is 2.11. The van der Waals surface area contributed by atoms with Crippen molar-refractivity contribution in [2.75, 3.05) is 0 Å². The van der Waals surface area contributed by atoms with Crippen molar-refractivity contribution in [3.05, 3.63) is 29.6 Å². The molecule has 0 aliphatic rings. The number of rotatable bonds is 1. The zero-order chi connectivity index (χ0) is 10.3. The molecule has 0 amide bonds. The van der Waals surface area contributed by atoms with E-state index in [2.05, 4.69) is 9.97 Å². The second-order valence-corrected chi connectivity index (χ2v) is 3.08. The summed E-state index contributed by atoms with van der Waals surface area (Å²) in [7, 11) is 0. The molecule has 3 nitrogen and oxygen atoms in total. The molecule has 0 aliphatic heterocycles. The molecule has 1 atom stereocenters. The largest absolute Gasteiger partial charge is 0.385 e. The molecular formula is C9H8F2N2O. The van der Waals surface area contributed by atoms with Crippen LogP contribution in [0.3, 0.4) is 0 Å². The average Bonchev–Trinajstić information content (AvgIpc) is 2.47. The molecule has 0 spiro atoms. The fourth-order valence-electron chi connectivity index (χ4n) is 1.26. The van der Waals surface area contributed by atoms with Crippen molar-refractivity contribution >= 4 is 11.0 Å². The molecular weight excluding hydrogens is 190 g/mol. The van der Waals surface area contributed by atoms with Gasteiger partial charge in [-0.2, -0.15) is 0 Å². The van der Waals surface area contributed by atoms with Crippen LogP contribution in [0.5, 0.6) is 0 Å². The van der Waals surface area contributed by atoms with Crippen LogP contribution in [0.2, 0.25) is 0 Å². The molecule has 2 aromatic rings. The van der Waals surface area contributed by atoms with Gasteiger partial charge in [-0.1, -0.05) is 0 Å². The monoisotopic (exact) mass is 198 g/mol. The quantitative estimate of drug-likeness (QED) is 0.735. The van der Waals surface area contributed by atoms with Crippen molar-refractivity contribution in [2.24, 2.45) is 0 Å². The number of aliphatic hydroxyl groups excluding tert-OH is 1. The molecule has 74 valence electrons. The van der Waals surface area contributed by atoms with E-state index in [9.17, 15) is 13.9 Å². The number of aromatic nitrogens is 2. The number of hydrogen-bond acceptors (Lipinski definition) is 2. The Morgan fingerprint density at radius 1 is 1.43 bits per heavy atom. The average molecular weight is 198 g/mol. The zero-order valence-corrected chi connectivity index (χ0v) is 7.38. The first kappa shape index (κ1) is 9.08.